The van der Waals surface area contributed by atoms with Crippen LogP contribution in [0.4, 0.5) is 0 Å². The maximum atomic E-state index is 12.7. The van der Waals surface area contributed by atoms with E-state index in [4.69, 9.17) is 15.0 Å². The van der Waals surface area contributed by atoms with Crippen LogP contribution in [-0.4, -0.2) is 47.3 Å². The lowest BCUT2D eigenvalue weighted by Crippen LogP contribution is -2.41. The highest BCUT2D eigenvalue weighted by Gasteiger charge is 2.33. The summed E-state index contributed by atoms with van der Waals surface area (Å²) in [5, 5.41) is 4.08. The molecule has 2 atom stereocenters. The van der Waals surface area contributed by atoms with Crippen molar-refractivity contribution in [1.82, 2.24) is 15.0 Å². The number of halogens is 1. The van der Waals surface area contributed by atoms with Crippen LogP contribution in [0.3, 0.4) is 0 Å². The predicted octanol–water partition coefficient (Wildman–Crippen LogP) is 2.58. The van der Waals surface area contributed by atoms with E-state index in [0.29, 0.717) is 24.8 Å². The van der Waals surface area contributed by atoms with E-state index in [2.05, 4.69) is 10.1 Å². The molecule has 2 unspecified atom stereocenters. The number of benzene rings is 1. The van der Waals surface area contributed by atoms with Crippen LogP contribution < -0.4 is 5.73 Å². The molecule has 8 heteroatoms. The first kappa shape index (κ1) is 20.4. The first-order valence-corrected chi connectivity index (χ1v) is 8.64. The predicted molar refractivity (Wildman–Crippen MR) is 99.8 cm³/mol. The van der Waals surface area contributed by atoms with Crippen molar-refractivity contribution in [3.63, 3.8) is 0 Å². The van der Waals surface area contributed by atoms with Crippen LogP contribution in [-0.2, 0) is 9.53 Å². The first-order valence-electron chi connectivity index (χ1n) is 8.64. The quantitative estimate of drug-likeness (QED) is 0.827. The van der Waals surface area contributed by atoms with Gasteiger partial charge in [0.15, 0.2) is 0 Å². The first-order chi connectivity index (χ1) is 12.2. The van der Waals surface area contributed by atoms with Gasteiger partial charge in [-0.1, -0.05) is 35.5 Å². The molecule has 26 heavy (non-hydrogen) atoms. The molecule has 1 aromatic carbocycles. The van der Waals surface area contributed by atoms with Crippen molar-refractivity contribution in [3.05, 3.63) is 36.2 Å². The molecule has 1 aromatic heterocycles. The molecule has 0 saturated carbocycles. The monoisotopic (exact) mass is 380 g/mol. The van der Waals surface area contributed by atoms with Gasteiger partial charge in [-0.3, -0.25) is 4.79 Å². The number of hydrogen-bond donors (Lipinski definition) is 1. The highest BCUT2D eigenvalue weighted by Crippen LogP contribution is 2.31. The second-order valence-electron chi connectivity index (χ2n) is 6.22. The summed E-state index contributed by atoms with van der Waals surface area (Å²) in [5.41, 5.74) is 6.54. The summed E-state index contributed by atoms with van der Waals surface area (Å²) in [7, 11) is 1.57. The van der Waals surface area contributed by atoms with Crippen LogP contribution in [0.5, 0.6) is 0 Å². The minimum atomic E-state index is -0.266. The molecule has 2 heterocycles. The van der Waals surface area contributed by atoms with Crippen LogP contribution in [0.25, 0.3) is 11.4 Å². The van der Waals surface area contributed by atoms with E-state index in [1.54, 1.807) is 7.11 Å². The van der Waals surface area contributed by atoms with Crippen molar-refractivity contribution in [2.24, 2.45) is 5.73 Å². The molecule has 0 spiro atoms. The molecule has 3 rings (SSSR count). The average molecular weight is 381 g/mol. The van der Waals surface area contributed by atoms with Crippen LogP contribution in [0.15, 0.2) is 34.9 Å². The number of carbonyl (C=O) groups excluding carboxylic acids is 1. The lowest BCUT2D eigenvalue weighted by atomic mass is 10.0. The number of methoxy groups -OCH3 is 1. The van der Waals surface area contributed by atoms with Crippen LogP contribution in [0, 0.1) is 0 Å². The number of likely N-dealkylation sites (tertiary alicyclic amines) is 1. The number of nitrogens with zero attached hydrogens (tertiary/aromatic N) is 3. The van der Waals surface area contributed by atoms with Gasteiger partial charge in [0.2, 0.25) is 17.6 Å². The topological polar surface area (TPSA) is 94.5 Å². The van der Waals surface area contributed by atoms with E-state index >= 15 is 0 Å². The van der Waals surface area contributed by atoms with E-state index in [9.17, 15) is 4.79 Å². The van der Waals surface area contributed by atoms with E-state index in [0.717, 1.165) is 24.8 Å². The Morgan fingerprint density at radius 3 is 2.85 bits per heavy atom. The second-order valence-corrected chi connectivity index (χ2v) is 6.22. The Kier molecular flexibility index (Phi) is 7.56. The summed E-state index contributed by atoms with van der Waals surface area (Å²) >= 11 is 0. The number of hydrogen-bond acceptors (Lipinski definition) is 6. The molecule has 1 aliphatic heterocycles. The number of rotatable bonds is 6. The number of piperidine rings is 1. The van der Waals surface area contributed by atoms with Gasteiger partial charge in [0.1, 0.15) is 6.04 Å². The van der Waals surface area contributed by atoms with E-state index in [-0.39, 0.29) is 36.9 Å². The molecule has 1 saturated heterocycles. The third-order valence-electron chi connectivity index (χ3n) is 4.58. The molecule has 7 nitrogen and oxygen atoms in total. The van der Waals surface area contributed by atoms with Crippen molar-refractivity contribution in [3.8, 4) is 11.4 Å². The van der Waals surface area contributed by atoms with Gasteiger partial charge in [0, 0.05) is 25.8 Å². The van der Waals surface area contributed by atoms with Gasteiger partial charge >= 0.3 is 0 Å². The highest BCUT2D eigenvalue weighted by molar-refractivity contribution is 5.85. The SMILES string of the molecule is COC(CN)CC(=O)N1CCCCC1c1nc(-c2ccccc2)no1.Cl. The van der Waals surface area contributed by atoms with E-state index < -0.39 is 0 Å². The molecule has 142 valence electrons. The number of amides is 1. The van der Waals surface area contributed by atoms with Gasteiger partial charge in [-0.25, -0.2) is 0 Å². The second kappa shape index (κ2) is 9.66. The zero-order chi connectivity index (χ0) is 17.6. The van der Waals surface area contributed by atoms with Gasteiger partial charge < -0.3 is 19.9 Å². The largest absolute Gasteiger partial charge is 0.380 e. The van der Waals surface area contributed by atoms with Crippen molar-refractivity contribution < 1.29 is 14.1 Å². The smallest absolute Gasteiger partial charge is 0.249 e. The normalized spacial score (nSPS) is 18.2. The van der Waals surface area contributed by atoms with Gasteiger partial charge in [-0.2, -0.15) is 4.98 Å². The molecular formula is C18H25ClN4O3. The Labute approximate surface area is 159 Å². The molecule has 0 bridgehead atoms. The highest BCUT2D eigenvalue weighted by atomic mass is 35.5. The summed E-state index contributed by atoms with van der Waals surface area (Å²) in [6.07, 6.45) is 2.83. The zero-order valence-electron chi connectivity index (χ0n) is 14.8. The zero-order valence-corrected chi connectivity index (χ0v) is 15.7. The fourth-order valence-corrected chi connectivity index (χ4v) is 3.14. The third kappa shape index (κ3) is 4.60. The molecule has 1 aliphatic rings. The number of ether oxygens (including phenoxy) is 1. The van der Waals surface area contributed by atoms with Crippen LogP contribution in [0.2, 0.25) is 0 Å². The molecule has 2 N–H and O–H groups in total. The fraction of sp³-hybridized carbons (Fsp3) is 0.500. The number of carbonyl (C=O) groups is 1. The minimum Gasteiger partial charge on any atom is -0.380 e. The Balaban J connectivity index is 0.00000243. The van der Waals surface area contributed by atoms with Crippen molar-refractivity contribution in [1.29, 1.82) is 0 Å². The van der Waals surface area contributed by atoms with Crippen LogP contribution >= 0.6 is 12.4 Å². The average Bonchev–Trinajstić information content (AvgIpc) is 3.16. The van der Waals surface area contributed by atoms with Gasteiger partial charge in [0.05, 0.1) is 12.5 Å². The number of aromatic nitrogens is 2. The van der Waals surface area contributed by atoms with Crippen molar-refractivity contribution in [2.75, 3.05) is 20.2 Å². The standard InChI is InChI=1S/C18H24N4O3.ClH/c1-24-14(12-19)11-16(23)22-10-6-5-9-15(22)18-20-17(21-25-18)13-7-3-2-4-8-13;/h2-4,7-8,14-15H,5-6,9-12,19H2,1H3;1H. The Hall–Kier alpha value is -1.96. The summed E-state index contributed by atoms with van der Waals surface area (Å²) in [6.45, 7) is 1.01. The van der Waals surface area contributed by atoms with Gasteiger partial charge in [0.25, 0.3) is 0 Å². The van der Waals surface area contributed by atoms with Crippen LogP contribution in [0.1, 0.15) is 37.6 Å². The Morgan fingerprint density at radius 1 is 1.38 bits per heavy atom. The van der Waals surface area contributed by atoms with Gasteiger partial charge in [-0.15, -0.1) is 12.4 Å². The molecule has 2 aromatic rings. The summed E-state index contributed by atoms with van der Waals surface area (Å²) in [5.74, 6) is 1.06. The Morgan fingerprint density at radius 2 is 2.15 bits per heavy atom. The lowest BCUT2D eigenvalue weighted by molar-refractivity contribution is -0.138. The van der Waals surface area contributed by atoms with E-state index in [1.165, 1.54) is 0 Å². The summed E-state index contributed by atoms with van der Waals surface area (Å²) in [6, 6.07) is 9.49. The summed E-state index contributed by atoms with van der Waals surface area (Å²) in [4.78, 5) is 19.0. The fourth-order valence-electron chi connectivity index (χ4n) is 3.14. The molecule has 1 fully saturated rings. The van der Waals surface area contributed by atoms with Crippen molar-refractivity contribution >= 4 is 18.3 Å². The van der Waals surface area contributed by atoms with E-state index in [1.807, 2.05) is 35.2 Å². The van der Waals surface area contributed by atoms with Gasteiger partial charge in [-0.05, 0) is 19.3 Å². The molecule has 0 aliphatic carbocycles. The number of nitrogens with two attached hydrogens (primary N) is 1. The molecule has 1 amide bonds. The van der Waals surface area contributed by atoms with Crippen molar-refractivity contribution in [2.45, 2.75) is 37.8 Å². The minimum absolute atomic E-state index is 0. The molecule has 0 radical (unpaired) electrons. The third-order valence-corrected chi connectivity index (χ3v) is 4.58. The molecular weight excluding hydrogens is 356 g/mol. The maximum absolute atomic E-state index is 12.7. The summed E-state index contributed by atoms with van der Waals surface area (Å²) < 4.78 is 10.7. The Bertz CT molecular complexity index is 691. The maximum Gasteiger partial charge on any atom is 0.249 e. The lowest BCUT2D eigenvalue weighted by Gasteiger charge is -2.34.